The predicted molar refractivity (Wildman–Crippen MR) is 28.0 cm³/mol. The molecule has 0 saturated carbocycles. The molecule has 0 spiro atoms. The van der Waals surface area contributed by atoms with Gasteiger partial charge in [0.1, 0.15) is 6.61 Å². The highest BCUT2D eigenvalue weighted by molar-refractivity contribution is 6.40. The molecule has 0 aliphatic heterocycles. The summed E-state index contributed by atoms with van der Waals surface area (Å²) < 4.78 is 0. The Hall–Kier alpha value is -0.0951. The normalized spacial score (nSPS) is 9.38. The SMILES string of the molecule is CB(O)OOCCO. The Bertz CT molecular complexity index is 48.5. The molecule has 0 aliphatic carbocycles. The fourth-order valence-corrected chi connectivity index (χ4v) is 0.184. The molecule has 4 nitrogen and oxygen atoms in total. The van der Waals surface area contributed by atoms with Crippen molar-refractivity contribution in [1.82, 2.24) is 0 Å². The zero-order valence-corrected chi connectivity index (χ0v) is 4.70. The largest absolute Gasteiger partial charge is 0.484 e. The van der Waals surface area contributed by atoms with E-state index in [1.54, 1.807) is 0 Å². The van der Waals surface area contributed by atoms with E-state index < -0.39 is 7.12 Å². The lowest BCUT2D eigenvalue weighted by molar-refractivity contribution is -0.227. The smallest absolute Gasteiger partial charge is 0.426 e. The molecule has 2 N–H and O–H groups in total. The van der Waals surface area contributed by atoms with Gasteiger partial charge in [-0.2, -0.15) is 0 Å². The van der Waals surface area contributed by atoms with E-state index >= 15 is 0 Å². The first kappa shape index (κ1) is 7.90. The Morgan fingerprint density at radius 1 is 1.62 bits per heavy atom. The van der Waals surface area contributed by atoms with Crippen molar-refractivity contribution in [3.63, 3.8) is 0 Å². The van der Waals surface area contributed by atoms with Gasteiger partial charge in [-0.05, 0) is 6.82 Å². The fraction of sp³-hybridized carbons (Fsp3) is 1.00. The molecule has 5 heteroatoms. The van der Waals surface area contributed by atoms with Crippen LogP contribution in [0.2, 0.25) is 6.82 Å². The first-order valence-corrected chi connectivity index (χ1v) is 2.34. The van der Waals surface area contributed by atoms with Gasteiger partial charge >= 0.3 is 7.12 Å². The van der Waals surface area contributed by atoms with Crippen LogP contribution in [-0.2, 0) is 9.69 Å². The second-order valence-electron chi connectivity index (χ2n) is 1.24. The second-order valence-corrected chi connectivity index (χ2v) is 1.24. The van der Waals surface area contributed by atoms with E-state index in [0.717, 1.165) is 0 Å². The second kappa shape index (κ2) is 5.05. The minimum absolute atomic E-state index is 0.0882. The Morgan fingerprint density at radius 3 is 2.62 bits per heavy atom. The van der Waals surface area contributed by atoms with Crippen molar-refractivity contribution in [2.24, 2.45) is 0 Å². The van der Waals surface area contributed by atoms with E-state index in [-0.39, 0.29) is 13.2 Å². The summed E-state index contributed by atoms with van der Waals surface area (Å²) in [5.74, 6) is 0. The molecule has 0 radical (unpaired) electrons. The van der Waals surface area contributed by atoms with Crippen LogP contribution in [0.4, 0.5) is 0 Å². The zero-order chi connectivity index (χ0) is 6.41. The van der Waals surface area contributed by atoms with Crippen LogP contribution in [0, 0.1) is 0 Å². The standard InChI is InChI=1S/C3H9BO4/c1-4(6)8-7-3-2-5/h5-6H,2-3H2,1H3. The molecule has 0 aromatic heterocycles. The van der Waals surface area contributed by atoms with Gasteiger partial charge in [0, 0.05) is 0 Å². The van der Waals surface area contributed by atoms with E-state index in [2.05, 4.69) is 9.69 Å². The van der Waals surface area contributed by atoms with Crippen molar-refractivity contribution in [1.29, 1.82) is 0 Å². The van der Waals surface area contributed by atoms with Crippen molar-refractivity contribution in [3.05, 3.63) is 0 Å². The summed E-state index contributed by atoms with van der Waals surface area (Å²) in [6.07, 6.45) is 0. The molecular formula is C3H9BO4. The van der Waals surface area contributed by atoms with Gasteiger partial charge in [-0.3, -0.25) is 4.81 Å². The van der Waals surface area contributed by atoms with Crippen molar-refractivity contribution in [2.75, 3.05) is 13.2 Å². The third kappa shape index (κ3) is 5.90. The average molecular weight is 120 g/mol. The highest BCUT2D eigenvalue weighted by Gasteiger charge is 2.02. The number of hydrogen-bond donors (Lipinski definition) is 2. The van der Waals surface area contributed by atoms with Crippen molar-refractivity contribution in [2.45, 2.75) is 6.82 Å². The molecule has 0 aliphatic rings. The average Bonchev–Trinajstić information content (AvgIpc) is 1.66. The highest BCUT2D eigenvalue weighted by Crippen LogP contribution is 1.79. The molecule has 0 rings (SSSR count). The molecule has 0 atom stereocenters. The topological polar surface area (TPSA) is 58.9 Å². The quantitative estimate of drug-likeness (QED) is 0.217. The summed E-state index contributed by atoms with van der Waals surface area (Å²) in [5.41, 5.74) is 0. The third-order valence-electron chi connectivity index (χ3n) is 0.382. The molecule has 48 valence electrons. The summed E-state index contributed by atoms with van der Waals surface area (Å²) >= 11 is 0. The van der Waals surface area contributed by atoms with E-state index in [0.29, 0.717) is 0 Å². The molecule has 0 aromatic rings. The Labute approximate surface area is 48.1 Å². The number of hydrogen-bond acceptors (Lipinski definition) is 4. The van der Waals surface area contributed by atoms with Crippen molar-refractivity contribution < 1.29 is 19.8 Å². The van der Waals surface area contributed by atoms with E-state index in [1.807, 2.05) is 0 Å². The van der Waals surface area contributed by atoms with Crippen LogP contribution >= 0.6 is 0 Å². The lowest BCUT2D eigenvalue weighted by Crippen LogP contribution is -2.14. The summed E-state index contributed by atoms with van der Waals surface area (Å²) in [5, 5.41) is 16.4. The van der Waals surface area contributed by atoms with Crippen LogP contribution in [0.5, 0.6) is 0 Å². The van der Waals surface area contributed by atoms with Crippen LogP contribution in [0.1, 0.15) is 0 Å². The van der Waals surface area contributed by atoms with Crippen LogP contribution in [0.25, 0.3) is 0 Å². The first-order valence-electron chi connectivity index (χ1n) is 2.34. The number of rotatable bonds is 4. The maximum atomic E-state index is 8.35. The third-order valence-corrected chi connectivity index (χ3v) is 0.382. The monoisotopic (exact) mass is 120 g/mol. The van der Waals surface area contributed by atoms with E-state index in [4.69, 9.17) is 10.1 Å². The molecule has 0 amide bonds. The molecular weight excluding hydrogens is 111 g/mol. The molecule has 0 aromatic carbocycles. The van der Waals surface area contributed by atoms with E-state index in [1.165, 1.54) is 6.82 Å². The lowest BCUT2D eigenvalue weighted by Gasteiger charge is -1.99. The predicted octanol–water partition coefficient (Wildman–Crippen LogP) is -0.963. The highest BCUT2D eigenvalue weighted by atomic mass is 17.2. The molecule has 0 fully saturated rings. The number of aliphatic hydroxyl groups excluding tert-OH is 1. The van der Waals surface area contributed by atoms with Gasteiger partial charge in [-0.15, -0.1) is 0 Å². The van der Waals surface area contributed by atoms with Crippen molar-refractivity contribution in [3.8, 4) is 0 Å². The van der Waals surface area contributed by atoms with E-state index in [9.17, 15) is 0 Å². The lowest BCUT2D eigenvalue weighted by atomic mass is 9.98. The molecule has 8 heavy (non-hydrogen) atoms. The van der Waals surface area contributed by atoms with Crippen LogP contribution in [0.15, 0.2) is 0 Å². The van der Waals surface area contributed by atoms with Crippen LogP contribution in [-0.4, -0.2) is 30.5 Å². The first-order chi connectivity index (χ1) is 3.77. The summed E-state index contributed by atoms with van der Waals surface area (Å²) in [7, 11) is -0.929. The Morgan fingerprint density at radius 2 is 2.25 bits per heavy atom. The van der Waals surface area contributed by atoms with Crippen LogP contribution in [0.3, 0.4) is 0 Å². The Kier molecular flexibility index (Phi) is 4.99. The van der Waals surface area contributed by atoms with Crippen LogP contribution < -0.4 is 0 Å². The van der Waals surface area contributed by atoms with Gasteiger partial charge in [0.05, 0.1) is 6.61 Å². The van der Waals surface area contributed by atoms with Gasteiger partial charge in [-0.25, -0.2) is 4.89 Å². The van der Waals surface area contributed by atoms with Gasteiger partial charge in [0.2, 0.25) is 0 Å². The van der Waals surface area contributed by atoms with Gasteiger partial charge in [0.15, 0.2) is 0 Å². The van der Waals surface area contributed by atoms with Crippen molar-refractivity contribution >= 4 is 7.12 Å². The fourth-order valence-electron chi connectivity index (χ4n) is 0.184. The van der Waals surface area contributed by atoms with Gasteiger partial charge in [0.25, 0.3) is 0 Å². The van der Waals surface area contributed by atoms with Gasteiger partial charge in [-0.1, -0.05) is 0 Å². The minimum Gasteiger partial charge on any atom is -0.426 e. The molecule has 0 unspecified atom stereocenters. The minimum atomic E-state index is -0.929. The summed E-state index contributed by atoms with van der Waals surface area (Å²) in [4.78, 5) is 8.42. The molecule has 0 heterocycles. The summed E-state index contributed by atoms with van der Waals surface area (Å²) in [6, 6.07) is 0. The maximum Gasteiger partial charge on any atom is 0.484 e. The molecule has 0 saturated heterocycles. The number of aliphatic hydroxyl groups is 1. The summed E-state index contributed by atoms with van der Waals surface area (Å²) in [6.45, 7) is 1.40. The van der Waals surface area contributed by atoms with Gasteiger partial charge < -0.3 is 10.1 Å². The maximum absolute atomic E-state index is 8.35. The molecule has 0 bridgehead atoms. The Balaban J connectivity index is 2.72. The zero-order valence-electron chi connectivity index (χ0n) is 4.70.